The number of amides is 1. The lowest BCUT2D eigenvalue weighted by Gasteiger charge is -2.26. The predicted octanol–water partition coefficient (Wildman–Crippen LogP) is 1.91. The van der Waals surface area contributed by atoms with Crippen LogP contribution in [-0.4, -0.2) is 41.1 Å². The van der Waals surface area contributed by atoms with Crippen LogP contribution in [0, 0.1) is 12.7 Å². The molecule has 1 heterocycles. The molecular formula is C17H23FN2O2. The normalized spacial score (nSPS) is 23.5. The van der Waals surface area contributed by atoms with Gasteiger partial charge in [0, 0.05) is 12.6 Å². The van der Waals surface area contributed by atoms with Crippen molar-refractivity contribution in [3.8, 4) is 0 Å². The largest absolute Gasteiger partial charge is 0.387 e. The Hall–Kier alpha value is -1.46. The fraction of sp³-hybridized carbons (Fsp3) is 0.588. The highest BCUT2D eigenvalue weighted by molar-refractivity contribution is 5.82. The third kappa shape index (κ3) is 3.47. The van der Waals surface area contributed by atoms with Crippen LogP contribution in [0.4, 0.5) is 4.39 Å². The molecule has 1 amide bonds. The molecule has 2 aliphatic rings. The molecule has 2 fully saturated rings. The fourth-order valence-electron chi connectivity index (χ4n) is 3.20. The summed E-state index contributed by atoms with van der Waals surface area (Å²) in [4.78, 5) is 14.3. The molecule has 1 saturated carbocycles. The molecule has 4 nitrogen and oxygen atoms in total. The molecule has 0 radical (unpaired) electrons. The Morgan fingerprint density at radius 3 is 2.91 bits per heavy atom. The van der Waals surface area contributed by atoms with Gasteiger partial charge in [-0.3, -0.25) is 9.69 Å². The van der Waals surface area contributed by atoms with Crippen molar-refractivity contribution in [2.75, 3.05) is 13.1 Å². The number of β-amino-alcohol motifs (C(OH)–C–C–N with tert-alkyl or cyclic N) is 1. The highest BCUT2D eigenvalue weighted by Crippen LogP contribution is 2.26. The molecular weight excluding hydrogens is 283 g/mol. The zero-order chi connectivity index (χ0) is 15.7. The zero-order valence-electron chi connectivity index (χ0n) is 12.9. The van der Waals surface area contributed by atoms with Crippen LogP contribution in [0.3, 0.4) is 0 Å². The number of aliphatic hydroxyl groups excluding tert-OH is 1. The van der Waals surface area contributed by atoms with Crippen LogP contribution in [0.25, 0.3) is 0 Å². The van der Waals surface area contributed by atoms with E-state index >= 15 is 0 Å². The molecule has 2 N–H and O–H groups in total. The molecule has 120 valence electrons. The number of rotatable bonds is 5. The first-order chi connectivity index (χ1) is 10.5. The smallest absolute Gasteiger partial charge is 0.237 e. The minimum absolute atomic E-state index is 0.0861. The SMILES string of the molecule is Cc1cc(F)ccc1C(O)CN1CCCC1C(=O)NC1CC1. The van der Waals surface area contributed by atoms with Crippen LogP contribution in [-0.2, 0) is 4.79 Å². The molecule has 0 aromatic heterocycles. The van der Waals surface area contributed by atoms with Gasteiger partial charge in [0.2, 0.25) is 5.91 Å². The number of hydrogen-bond acceptors (Lipinski definition) is 3. The molecule has 1 aliphatic heterocycles. The quantitative estimate of drug-likeness (QED) is 0.874. The minimum Gasteiger partial charge on any atom is -0.387 e. The lowest BCUT2D eigenvalue weighted by atomic mass is 10.0. The Bertz CT molecular complexity index is 560. The second-order valence-electron chi connectivity index (χ2n) is 6.45. The van der Waals surface area contributed by atoms with E-state index in [1.165, 1.54) is 12.1 Å². The summed E-state index contributed by atoms with van der Waals surface area (Å²) in [5.41, 5.74) is 1.47. The van der Waals surface area contributed by atoms with Gasteiger partial charge in [0.25, 0.3) is 0 Å². The number of aliphatic hydroxyl groups is 1. The molecule has 1 aromatic carbocycles. The van der Waals surface area contributed by atoms with Crippen LogP contribution in [0.2, 0.25) is 0 Å². The molecule has 1 saturated heterocycles. The summed E-state index contributed by atoms with van der Waals surface area (Å²) in [6.45, 7) is 3.03. The van der Waals surface area contributed by atoms with Crippen LogP contribution in [0.5, 0.6) is 0 Å². The van der Waals surface area contributed by atoms with Crippen LogP contribution in [0.15, 0.2) is 18.2 Å². The van der Waals surface area contributed by atoms with Gasteiger partial charge >= 0.3 is 0 Å². The number of halogens is 1. The summed E-state index contributed by atoms with van der Waals surface area (Å²) in [7, 11) is 0. The second kappa shape index (κ2) is 6.34. The van der Waals surface area contributed by atoms with Crippen molar-refractivity contribution in [2.24, 2.45) is 0 Å². The minimum atomic E-state index is -0.699. The first kappa shape index (κ1) is 15.4. The van der Waals surface area contributed by atoms with Crippen molar-refractivity contribution in [3.63, 3.8) is 0 Å². The Balaban J connectivity index is 1.64. The molecule has 2 atom stereocenters. The van der Waals surface area contributed by atoms with Gasteiger partial charge in [-0.2, -0.15) is 0 Å². The van der Waals surface area contributed by atoms with Crippen LogP contribution >= 0.6 is 0 Å². The van der Waals surface area contributed by atoms with E-state index in [4.69, 9.17) is 0 Å². The number of aryl methyl sites for hydroxylation is 1. The van der Waals surface area contributed by atoms with Crippen molar-refractivity contribution in [1.29, 1.82) is 0 Å². The number of carbonyl (C=O) groups excluding carboxylic acids is 1. The third-order valence-electron chi connectivity index (χ3n) is 4.59. The highest BCUT2D eigenvalue weighted by Gasteiger charge is 2.34. The van der Waals surface area contributed by atoms with Gasteiger partial charge < -0.3 is 10.4 Å². The van der Waals surface area contributed by atoms with Gasteiger partial charge in [-0.25, -0.2) is 4.39 Å². The monoisotopic (exact) mass is 306 g/mol. The van der Waals surface area contributed by atoms with Crippen molar-refractivity contribution in [3.05, 3.63) is 35.1 Å². The maximum Gasteiger partial charge on any atom is 0.237 e. The average Bonchev–Trinajstić information content (AvgIpc) is 3.14. The lowest BCUT2D eigenvalue weighted by molar-refractivity contribution is -0.126. The molecule has 0 spiro atoms. The zero-order valence-corrected chi connectivity index (χ0v) is 12.9. The third-order valence-corrected chi connectivity index (χ3v) is 4.59. The van der Waals surface area contributed by atoms with Gasteiger partial charge in [-0.1, -0.05) is 6.07 Å². The maximum atomic E-state index is 13.2. The van der Waals surface area contributed by atoms with Gasteiger partial charge in [-0.15, -0.1) is 0 Å². The molecule has 2 unspecified atom stereocenters. The Morgan fingerprint density at radius 1 is 1.45 bits per heavy atom. The first-order valence-corrected chi connectivity index (χ1v) is 8.03. The summed E-state index contributed by atoms with van der Waals surface area (Å²) >= 11 is 0. The lowest BCUT2D eigenvalue weighted by Crippen LogP contribution is -2.45. The van der Waals surface area contributed by atoms with E-state index in [-0.39, 0.29) is 17.8 Å². The summed E-state index contributed by atoms with van der Waals surface area (Å²) in [6, 6.07) is 4.65. The van der Waals surface area contributed by atoms with Crippen molar-refractivity contribution >= 4 is 5.91 Å². The first-order valence-electron chi connectivity index (χ1n) is 8.03. The average molecular weight is 306 g/mol. The second-order valence-corrected chi connectivity index (χ2v) is 6.45. The summed E-state index contributed by atoms with van der Waals surface area (Å²) in [5.74, 6) is -0.209. The van der Waals surface area contributed by atoms with E-state index in [0.29, 0.717) is 12.6 Å². The topological polar surface area (TPSA) is 52.6 Å². The van der Waals surface area contributed by atoms with Gasteiger partial charge in [0.15, 0.2) is 0 Å². The molecule has 5 heteroatoms. The van der Waals surface area contributed by atoms with E-state index in [0.717, 1.165) is 43.4 Å². The fourth-order valence-corrected chi connectivity index (χ4v) is 3.20. The summed E-state index contributed by atoms with van der Waals surface area (Å²) < 4.78 is 13.2. The molecule has 1 aromatic rings. The number of nitrogens with one attached hydrogen (secondary N) is 1. The Kier molecular flexibility index (Phi) is 4.45. The van der Waals surface area contributed by atoms with Gasteiger partial charge in [-0.05, 0) is 62.4 Å². The predicted molar refractivity (Wildman–Crippen MR) is 81.9 cm³/mol. The summed E-state index contributed by atoms with van der Waals surface area (Å²) in [5, 5.41) is 13.5. The van der Waals surface area contributed by atoms with Crippen molar-refractivity contribution in [1.82, 2.24) is 10.2 Å². The standard InChI is InChI=1S/C17H23FN2O2/c1-11-9-12(18)4-7-14(11)16(21)10-20-8-2-3-15(20)17(22)19-13-5-6-13/h4,7,9,13,15-16,21H,2-3,5-6,8,10H2,1H3,(H,19,22). The number of likely N-dealkylation sites (tertiary alicyclic amines) is 1. The molecule has 22 heavy (non-hydrogen) atoms. The maximum absolute atomic E-state index is 13.2. The molecule has 0 bridgehead atoms. The number of carbonyl (C=O) groups is 1. The van der Waals surface area contributed by atoms with E-state index in [1.54, 1.807) is 13.0 Å². The van der Waals surface area contributed by atoms with Crippen molar-refractivity contribution in [2.45, 2.75) is 50.8 Å². The molecule has 1 aliphatic carbocycles. The summed E-state index contributed by atoms with van der Waals surface area (Å²) in [6.07, 6.45) is 3.27. The molecule has 3 rings (SSSR count). The van der Waals surface area contributed by atoms with Gasteiger partial charge in [0.1, 0.15) is 5.82 Å². The Morgan fingerprint density at radius 2 is 2.23 bits per heavy atom. The number of benzene rings is 1. The number of nitrogens with zero attached hydrogens (tertiary/aromatic N) is 1. The van der Waals surface area contributed by atoms with Crippen molar-refractivity contribution < 1.29 is 14.3 Å². The van der Waals surface area contributed by atoms with E-state index in [1.807, 2.05) is 4.90 Å². The van der Waals surface area contributed by atoms with Gasteiger partial charge in [0.05, 0.1) is 12.1 Å². The van der Waals surface area contributed by atoms with E-state index < -0.39 is 6.10 Å². The van der Waals surface area contributed by atoms with E-state index in [9.17, 15) is 14.3 Å². The number of hydrogen-bond donors (Lipinski definition) is 2. The van der Waals surface area contributed by atoms with Crippen LogP contribution < -0.4 is 5.32 Å². The Labute approximate surface area is 130 Å². The highest BCUT2D eigenvalue weighted by atomic mass is 19.1. The van der Waals surface area contributed by atoms with Crippen LogP contribution in [0.1, 0.15) is 42.9 Å². The van der Waals surface area contributed by atoms with E-state index in [2.05, 4.69) is 5.32 Å².